The van der Waals surface area contributed by atoms with E-state index in [2.05, 4.69) is 42.6 Å². The number of carbonyl (C=O) groups is 10. The molecule has 119 heavy (non-hydrogen) atoms. The largest absolute Gasteiger partial charge is 0.507 e. The molecule has 0 bridgehead atoms. The molecule has 634 valence electrons. The normalized spacial score (nSPS) is 12.6. The monoisotopic (exact) mass is 1770 g/mol. The highest BCUT2D eigenvalue weighted by molar-refractivity contribution is 8.31. The van der Waals surface area contributed by atoms with Crippen LogP contribution in [0.4, 0.5) is 21.0 Å². The highest BCUT2D eigenvalue weighted by Gasteiger charge is 2.41. The Hall–Kier alpha value is -10.7. The van der Waals surface area contributed by atoms with Crippen molar-refractivity contribution in [3.8, 4) is 46.0 Å². The molecule has 28 nitrogen and oxygen atoms in total. The number of fused-ring (bicyclic) bond motifs is 8. The van der Waals surface area contributed by atoms with Crippen LogP contribution >= 0.6 is 67.8 Å². The number of unbranched alkanes of at least 4 members (excludes halogenated alkanes) is 9. The van der Waals surface area contributed by atoms with Crippen LogP contribution < -0.4 is 32.7 Å². The molecular weight excluding hydrogens is 1690 g/mol. The Morgan fingerprint density at radius 2 is 0.546 bits per heavy atom. The van der Waals surface area contributed by atoms with Crippen molar-refractivity contribution in [2.75, 3.05) is 49.9 Å². The summed E-state index contributed by atoms with van der Waals surface area (Å²) in [7, 11) is 4.81. The lowest BCUT2D eigenvalue weighted by atomic mass is 9.82. The van der Waals surface area contributed by atoms with Gasteiger partial charge in [-0.25, -0.2) is 9.59 Å². The number of anilines is 2. The number of rotatable bonds is 21. The van der Waals surface area contributed by atoms with Crippen LogP contribution in [-0.2, 0) is 17.7 Å². The highest BCUT2D eigenvalue weighted by Crippen LogP contribution is 2.46. The van der Waals surface area contributed by atoms with Crippen molar-refractivity contribution in [3.05, 3.63) is 218 Å². The second-order valence-corrected chi connectivity index (χ2v) is 34.3. The van der Waals surface area contributed by atoms with Crippen LogP contribution in [0.3, 0.4) is 0 Å². The fourth-order valence-corrected chi connectivity index (χ4v) is 13.7. The van der Waals surface area contributed by atoms with Crippen molar-refractivity contribution < 1.29 is 107 Å². The fraction of sp³-hybridized carbons (Fsp3) is 0.310. The van der Waals surface area contributed by atoms with Gasteiger partial charge in [0.25, 0.3) is 0 Å². The summed E-state index contributed by atoms with van der Waals surface area (Å²) >= 11 is 24.1. The van der Waals surface area contributed by atoms with Crippen LogP contribution in [0.15, 0.2) is 109 Å². The van der Waals surface area contributed by atoms with E-state index in [0.717, 1.165) is 83.6 Å². The second kappa shape index (κ2) is 42.3. The van der Waals surface area contributed by atoms with E-state index in [9.17, 15) is 88.8 Å². The summed E-state index contributed by atoms with van der Waals surface area (Å²) in [6.45, 7) is 14.8. The number of phenolic OH excluding ortho intramolecular Hbond substituents is 8. The number of nitrogens with two attached hydrogens (primary N) is 2. The minimum absolute atomic E-state index is 0.000556. The van der Waals surface area contributed by atoms with E-state index in [0.29, 0.717) is 44.1 Å². The van der Waals surface area contributed by atoms with Crippen LogP contribution in [-0.4, -0.2) is 158 Å². The first-order valence-electron chi connectivity index (χ1n) is 37.2. The third-order valence-electron chi connectivity index (χ3n) is 18.0. The Bertz CT molecular complexity index is 5180. The average Bonchev–Trinajstić information content (AvgIpc) is 0.750. The van der Waals surface area contributed by atoms with E-state index in [4.69, 9.17) is 75.8 Å². The van der Waals surface area contributed by atoms with Crippen molar-refractivity contribution in [1.82, 2.24) is 10.6 Å². The van der Waals surface area contributed by atoms with Crippen molar-refractivity contribution in [1.29, 1.82) is 0 Å². The van der Waals surface area contributed by atoms with Gasteiger partial charge >= 0.3 is 20.5 Å². The summed E-state index contributed by atoms with van der Waals surface area (Å²) in [5.74, 6) is -6.89. The zero-order valence-electron chi connectivity index (χ0n) is 65.2. The maximum Gasteiger partial charge on any atom is 0.407 e. The van der Waals surface area contributed by atoms with Gasteiger partial charge in [-0.15, -0.1) is 0 Å². The smallest absolute Gasteiger partial charge is 0.407 e. The number of phenols is 8. The maximum atomic E-state index is 13.2. The molecule has 0 heterocycles. The summed E-state index contributed by atoms with van der Waals surface area (Å²) in [5, 5.41) is 91.8. The van der Waals surface area contributed by atoms with E-state index >= 15 is 0 Å². The quantitative estimate of drug-likeness (QED) is 0.0180. The zero-order valence-corrected chi connectivity index (χ0v) is 70.6. The Labute approximate surface area is 714 Å². The lowest BCUT2D eigenvalue weighted by molar-refractivity contribution is 0.0515. The number of alkyl carbamates (subject to hydrolysis) is 2. The zero-order chi connectivity index (χ0) is 88.3. The summed E-state index contributed by atoms with van der Waals surface area (Å²) < 4.78 is 28.6. The molecule has 0 aliphatic heterocycles. The first-order valence-corrected chi connectivity index (χ1v) is 41.9. The number of amides is 2. The van der Waals surface area contributed by atoms with Crippen LogP contribution in [0.25, 0.3) is 0 Å². The summed E-state index contributed by atoms with van der Waals surface area (Å²) in [6.07, 6.45) is 10.8. The van der Waals surface area contributed by atoms with Crippen molar-refractivity contribution in [3.63, 3.8) is 0 Å². The predicted octanol–water partition coefficient (Wildman–Crippen LogP) is 16.3. The standard InChI is InChI=1S/C25H29ClN2O6.C20H21ClN2O4.C14H6Cl2O4.C14H8O4.C11H24N2O2.Cl2O2S/c1-25(2,3)34-24(33)28-13-7-5-4-6-12-27-15-9-11-17(30)21-19(15)23(32)20-16(29)10-8-14(26)18(20)22(21)31;21-11-5-7-13(24)17-15(11)19(26)18-14(25)8-6-12(16(18)20(17)27)23-10-4-2-1-3-9-22;15-5-1-3-7(17)11-9(5)13(19)12-8(18)4-2-6(16)10(12)14(11)20;15-9-5-1-3-7-11(9)14(18)8-4-2-6-10(16)12(8)13(7)17;1-11(2,3)15-10(14)13-9-7-5-4-6-8-12;1-5(2,3)4/h8-11,27,29-30H,4-7,12-13H2,1-3H3,(H,28,33);5-8,23-25H,1-4,9-10,22H2;1-4,17-18H;1-6,15-16H;4-9,12H2,1-3H3,(H,13,14);. The highest BCUT2D eigenvalue weighted by atomic mass is 36.0. The van der Waals surface area contributed by atoms with Crippen LogP contribution in [0.2, 0.25) is 20.1 Å². The van der Waals surface area contributed by atoms with Gasteiger partial charge in [0.05, 0.1) is 98.0 Å². The number of hydrogen-bond acceptors (Lipinski definition) is 26. The Kier molecular flexibility index (Phi) is 33.9. The lowest BCUT2D eigenvalue weighted by Crippen LogP contribution is -2.33. The van der Waals surface area contributed by atoms with Gasteiger partial charge in [0, 0.05) is 70.0 Å². The SMILES string of the molecule is CC(C)(C)OC(=O)NCCCCCCN.CC(C)(C)OC(=O)NCCCCCCNc1ccc(O)c2c1C(=O)c1c(O)ccc(Cl)c1C2=O.NCCCCCCNc1ccc(O)c2c1C(=O)c1c(O)ccc(Cl)c1C2=O.O=C1c2c(O)ccc(Cl)c2C(=O)c2c(O)ccc(Cl)c21.O=C1c2cccc(O)c2C(=O)c2cccc(O)c21.O=S(=O)(Cl)Cl. The molecular formula is C84H88Cl6N6O22S. The van der Waals surface area contributed by atoms with Crippen molar-refractivity contribution in [2.24, 2.45) is 11.5 Å². The van der Waals surface area contributed by atoms with Gasteiger partial charge in [0.1, 0.15) is 57.2 Å². The molecule has 0 saturated carbocycles. The summed E-state index contributed by atoms with van der Waals surface area (Å²) in [5.41, 5.74) is 9.78. The second-order valence-electron chi connectivity index (χ2n) is 29.0. The summed E-state index contributed by atoms with van der Waals surface area (Å²) in [4.78, 5) is 124. The van der Waals surface area contributed by atoms with Crippen molar-refractivity contribution >= 4 is 146 Å². The molecule has 0 radical (unpaired) electrons. The number of hydrogen-bond donors (Lipinski definition) is 14. The van der Waals surface area contributed by atoms with Gasteiger partial charge in [0.15, 0.2) is 34.7 Å². The molecule has 0 fully saturated rings. The number of benzene rings is 8. The average molecular weight is 1780 g/mol. The van der Waals surface area contributed by atoms with Gasteiger partial charge in [0.2, 0.25) is 11.6 Å². The molecule has 0 unspecified atom stereocenters. The molecule has 0 atom stereocenters. The Morgan fingerprint density at radius 3 is 0.807 bits per heavy atom. The molecule has 8 aromatic carbocycles. The topological polar surface area (TPSA) is 485 Å². The Morgan fingerprint density at radius 1 is 0.319 bits per heavy atom. The first kappa shape index (κ1) is 95.4. The third kappa shape index (κ3) is 24.5. The van der Waals surface area contributed by atoms with Gasteiger partial charge in [-0.1, -0.05) is 109 Å². The van der Waals surface area contributed by atoms with Gasteiger partial charge < -0.3 is 83.1 Å². The molecule has 0 spiro atoms. The predicted molar refractivity (Wildman–Crippen MR) is 452 cm³/mol. The first-order chi connectivity index (χ1) is 56.0. The third-order valence-corrected chi connectivity index (χ3v) is 19.2. The molecule has 4 aliphatic carbocycles. The molecule has 2 amide bonds. The number of halogens is 6. The molecule has 12 rings (SSSR count). The van der Waals surface area contributed by atoms with Crippen LogP contribution in [0.1, 0.15) is 246 Å². The fourth-order valence-electron chi connectivity index (χ4n) is 12.7. The minimum atomic E-state index is -3.72. The number of ether oxygens (including phenoxy) is 2. The van der Waals surface area contributed by atoms with Gasteiger partial charge in [-0.3, -0.25) is 38.4 Å². The number of ketones is 8. The van der Waals surface area contributed by atoms with E-state index < -0.39 is 71.8 Å². The molecule has 4 aliphatic rings. The molecule has 35 heteroatoms. The maximum absolute atomic E-state index is 13.2. The van der Waals surface area contributed by atoms with Crippen LogP contribution in [0.5, 0.6) is 46.0 Å². The van der Waals surface area contributed by atoms with E-state index in [1.807, 2.05) is 41.5 Å². The lowest BCUT2D eigenvalue weighted by Gasteiger charge is -2.23. The number of carbonyl (C=O) groups excluding carboxylic acids is 10. The van der Waals surface area contributed by atoms with E-state index in [-0.39, 0.29) is 161 Å². The minimum Gasteiger partial charge on any atom is -0.507 e. The van der Waals surface area contributed by atoms with Crippen molar-refractivity contribution in [2.45, 2.75) is 130 Å². The number of nitrogens with one attached hydrogen (secondary N) is 4. The molecule has 0 aromatic heterocycles. The molecule has 16 N–H and O–H groups in total. The van der Waals surface area contributed by atoms with Gasteiger partial charge in [-0.2, -0.15) is 8.42 Å². The number of aromatic hydroxyl groups is 8. The van der Waals surface area contributed by atoms with E-state index in [1.165, 1.54) is 103 Å². The van der Waals surface area contributed by atoms with Crippen LogP contribution in [0, 0.1) is 0 Å². The van der Waals surface area contributed by atoms with Gasteiger partial charge in [-0.05, 0) is 178 Å². The van der Waals surface area contributed by atoms with E-state index in [1.54, 1.807) is 6.07 Å². The molecule has 0 saturated heterocycles. The summed E-state index contributed by atoms with van der Waals surface area (Å²) in [6, 6.07) is 24.8. The molecule has 8 aromatic rings. The Balaban J connectivity index is 0.000000208.